The van der Waals surface area contributed by atoms with E-state index < -0.39 is 5.97 Å². The fourth-order valence-electron chi connectivity index (χ4n) is 3.68. The smallest absolute Gasteiger partial charge is 0.335 e. The van der Waals surface area contributed by atoms with E-state index in [0.29, 0.717) is 5.92 Å². The van der Waals surface area contributed by atoms with E-state index in [1.807, 2.05) is 18.2 Å². The Kier molecular flexibility index (Phi) is 3.93. The number of carboxylic acid groups (broad SMARTS) is 1. The number of hydrogen-bond acceptors (Lipinski definition) is 4. The molecule has 0 radical (unpaired) electrons. The van der Waals surface area contributed by atoms with Crippen molar-refractivity contribution in [1.29, 1.82) is 0 Å². The van der Waals surface area contributed by atoms with Crippen molar-refractivity contribution in [2.24, 2.45) is 5.92 Å². The van der Waals surface area contributed by atoms with Crippen LogP contribution in [0.25, 0.3) is 22.3 Å². The normalized spacial score (nSPS) is 19.2. The third kappa shape index (κ3) is 3.10. The van der Waals surface area contributed by atoms with Gasteiger partial charge in [-0.15, -0.1) is 0 Å². The van der Waals surface area contributed by atoms with Gasteiger partial charge in [-0.05, 0) is 49.4 Å². The second-order valence-corrected chi connectivity index (χ2v) is 7.48. The number of fused-ring (bicyclic) bond motifs is 1. The Morgan fingerprint density at radius 2 is 2.11 bits per heavy atom. The Hall–Kier alpha value is -2.73. The molecule has 1 saturated heterocycles. The SMILES string of the molecule is O=C(O)c1cc(-c2ccccn2)c2nc(CC3CC3)n(CC3CCO3)c2c1. The molecule has 1 unspecified atom stereocenters. The van der Waals surface area contributed by atoms with Crippen LogP contribution in [-0.2, 0) is 17.7 Å². The molecule has 2 fully saturated rings. The maximum Gasteiger partial charge on any atom is 0.335 e. The van der Waals surface area contributed by atoms with Crippen LogP contribution in [0.3, 0.4) is 0 Å². The molecule has 2 aromatic heterocycles. The molecule has 27 heavy (non-hydrogen) atoms. The fourth-order valence-corrected chi connectivity index (χ4v) is 3.68. The molecule has 6 nitrogen and oxygen atoms in total. The predicted octanol–water partition coefficient (Wildman–Crippen LogP) is 3.54. The monoisotopic (exact) mass is 363 g/mol. The van der Waals surface area contributed by atoms with Gasteiger partial charge < -0.3 is 14.4 Å². The summed E-state index contributed by atoms with van der Waals surface area (Å²) in [5.41, 5.74) is 3.47. The van der Waals surface area contributed by atoms with Crippen molar-refractivity contribution in [3.05, 3.63) is 47.9 Å². The van der Waals surface area contributed by atoms with Gasteiger partial charge in [0.2, 0.25) is 0 Å². The summed E-state index contributed by atoms with van der Waals surface area (Å²) in [6.07, 6.45) is 6.37. The highest BCUT2D eigenvalue weighted by Crippen LogP contribution is 2.36. The van der Waals surface area contributed by atoms with E-state index in [-0.39, 0.29) is 11.7 Å². The summed E-state index contributed by atoms with van der Waals surface area (Å²) >= 11 is 0. The molecule has 1 aliphatic heterocycles. The third-order valence-electron chi connectivity index (χ3n) is 5.47. The summed E-state index contributed by atoms with van der Waals surface area (Å²) in [5.74, 6) is 0.785. The Bertz CT molecular complexity index is 1000. The molecule has 6 heteroatoms. The minimum atomic E-state index is -0.939. The second-order valence-electron chi connectivity index (χ2n) is 7.48. The van der Waals surface area contributed by atoms with Crippen molar-refractivity contribution in [2.75, 3.05) is 6.61 Å². The van der Waals surface area contributed by atoms with Gasteiger partial charge in [-0.1, -0.05) is 6.07 Å². The first kappa shape index (κ1) is 16.4. The lowest BCUT2D eigenvalue weighted by Crippen LogP contribution is -2.31. The Balaban J connectivity index is 1.71. The quantitative estimate of drug-likeness (QED) is 0.725. The zero-order valence-corrected chi connectivity index (χ0v) is 15.0. The maximum atomic E-state index is 11.7. The van der Waals surface area contributed by atoms with Gasteiger partial charge in [0.15, 0.2) is 0 Å². The minimum absolute atomic E-state index is 0.187. The number of aromatic nitrogens is 3. The average molecular weight is 363 g/mol. The molecule has 1 aromatic carbocycles. The van der Waals surface area contributed by atoms with E-state index in [1.54, 1.807) is 18.3 Å². The lowest BCUT2D eigenvalue weighted by atomic mass is 10.0. The van der Waals surface area contributed by atoms with Crippen molar-refractivity contribution in [3.8, 4) is 11.3 Å². The van der Waals surface area contributed by atoms with E-state index in [2.05, 4.69) is 9.55 Å². The van der Waals surface area contributed by atoms with Crippen LogP contribution in [0.4, 0.5) is 0 Å². The van der Waals surface area contributed by atoms with E-state index in [9.17, 15) is 9.90 Å². The first-order chi connectivity index (χ1) is 13.2. The predicted molar refractivity (Wildman–Crippen MR) is 101 cm³/mol. The number of imidazole rings is 1. The molecule has 1 atom stereocenters. The van der Waals surface area contributed by atoms with Crippen LogP contribution in [0.1, 0.15) is 35.4 Å². The largest absolute Gasteiger partial charge is 0.478 e. The summed E-state index contributed by atoms with van der Waals surface area (Å²) in [5, 5.41) is 9.63. The van der Waals surface area contributed by atoms with Gasteiger partial charge in [0.25, 0.3) is 0 Å². The summed E-state index contributed by atoms with van der Waals surface area (Å²) in [6, 6.07) is 9.09. The van der Waals surface area contributed by atoms with E-state index in [0.717, 1.165) is 54.1 Å². The van der Waals surface area contributed by atoms with Gasteiger partial charge >= 0.3 is 5.97 Å². The average Bonchev–Trinajstić information content (AvgIpc) is 3.39. The molecule has 138 valence electrons. The number of carboxylic acids is 1. The highest BCUT2D eigenvalue weighted by atomic mass is 16.5. The molecule has 5 rings (SSSR count). The molecule has 2 aliphatic rings. The highest BCUT2D eigenvalue weighted by Gasteiger charge is 2.28. The van der Waals surface area contributed by atoms with Crippen LogP contribution in [0.15, 0.2) is 36.5 Å². The third-order valence-corrected chi connectivity index (χ3v) is 5.47. The van der Waals surface area contributed by atoms with Gasteiger partial charge in [-0.25, -0.2) is 9.78 Å². The van der Waals surface area contributed by atoms with E-state index >= 15 is 0 Å². The van der Waals surface area contributed by atoms with Gasteiger partial charge in [0, 0.05) is 24.8 Å². The summed E-state index contributed by atoms with van der Waals surface area (Å²) in [4.78, 5) is 21.1. The van der Waals surface area contributed by atoms with Crippen LogP contribution in [0.2, 0.25) is 0 Å². The van der Waals surface area contributed by atoms with Crippen LogP contribution in [-0.4, -0.2) is 38.3 Å². The summed E-state index contributed by atoms with van der Waals surface area (Å²) < 4.78 is 7.82. The van der Waals surface area contributed by atoms with Crippen LogP contribution >= 0.6 is 0 Å². The number of pyridine rings is 1. The second kappa shape index (κ2) is 6.46. The van der Waals surface area contributed by atoms with Gasteiger partial charge in [-0.3, -0.25) is 4.98 Å². The van der Waals surface area contributed by atoms with Crippen molar-refractivity contribution < 1.29 is 14.6 Å². The lowest BCUT2D eigenvalue weighted by Gasteiger charge is -2.27. The molecular weight excluding hydrogens is 342 g/mol. The first-order valence-corrected chi connectivity index (χ1v) is 9.48. The number of carbonyl (C=O) groups is 1. The Morgan fingerprint density at radius 3 is 2.74 bits per heavy atom. The first-order valence-electron chi connectivity index (χ1n) is 9.48. The Morgan fingerprint density at radius 1 is 1.26 bits per heavy atom. The van der Waals surface area contributed by atoms with E-state index in [4.69, 9.17) is 9.72 Å². The number of aromatic carboxylic acids is 1. The highest BCUT2D eigenvalue weighted by molar-refractivity contribution is 5.99. The number of benzene rings is 1. The van der Waals surface area contributed by atoms with Crippen LogP contribution in [0.5, 0.6) is 0 Å². The van der Waals surface area contributed by atoms with Crippen molar-refractivity contribution in [1.82, 2.24) is 14.5 Å². The molecule has 1 saturated carbocycles. The van der Waals surface area contributed by atoms with Gasteiger partial charge in [-0.2, -0.15) is 0 Å². The molecule has 0 spiro atoms. The van der Waals surface area contributed by atoms with Crippen molar-refractivity contribution >= 4 is 17.0 Å². The lowest BCUT2D eigenvalue weighted by molar-refractivity contribution is -0.0590. The fraction of sp³-hybridized carbons (Fsp3) is 0.381. The number of hydrogen-bond donors (Lipinski definition) is 1. The molecule has 0 bridgehead atoms. The summed E-state index contributed by atoms with van der Waals surface area (Å²) in [6.45, 7) is 1.53. The molecule has 3 aromatic rings. The standard InChI is InChI=1S/C21H21N3O3/c25-21(26)14-10-16(17-3-1-2-7-22-17)20-18(11-14)24(12-15-6-8-27-15)19(23-20)9-13-4-5-13/h1-3,7,10-11,13,15H,4-6,8-9,12H2,(H,25,26). The van der Waals surface area contributed by atoms with Crippen molar-refractivity contribution in [3.63, 3.8) is 0 Å². The van der Waals surface area contributed by atoms with Crippen LogP contribution < -0.4 is 0 Å². The zero-order chi connectivity index (χ0) is 18.4. The molecular formula is C21H21N3O3. The zero-order valence-electron chi connectivity index (χ0n) is 15.0. The number of nitrogens with zero attached hydrogens (tertiary/aromatic N) is 3. The molecule has 3 heterocycles. The van der Waals surface area contributed by atoms with Crippen LogP contribution in [0, 0.1) is 5.92 Å². The van der Waals surface area contributed by atoms with Gasteiger partial charge in [0.1, 0.15) is 5.82 Å². The minimum Gasteiger partial charge on any atom is -0.478 e. The number of ether oxygens (including phenoxy) is 1. The van der Waals surface area contributed by atoms with Gasteiger partial charge in [0.05, 0.1) is 34.9 Å². The topological polar surface area (TPSA) is 77.2 Å². The summed E-state index contributed by atoms with van der Waals surface area (Å²) in [7, 11) is 0. The molecule has 1 N–H and O–H groups in total. The molecule has 0 amide bonds. The number of rotatable bonds is 6. The Labute approximate surface area is 156 Å². The van der Waals surface area contributed by atoms with Crippen molar-refractivity contribution in [2.45, 2.75) is 38.3 Å². The van der Waals surface area contributed by atoms with E-state index in [1.165, 1.54) is 12.8 Å². The molecule has 1 aliphatic carbocycles. The maximum absolute atomic E-state index is 11.7.